The van der Waals surface area contributed by atoms with E-state index in [9.17, 15) is 0 Å². The Morgan fingerprint density at radius 1 is 1.14 bits per heavy atom. The third kappa shape index (κ3) is 2.56. The second-order valence-electron chi connectivity index (χ2n) is 4.62. The first-order valence-corrected chi connectivity index (χ1v) is 5.40. The highest BCUT2D eigenvalue weighted by molar-refractivity contribution is 4.99. The second kappa shape index (κ2) is 4.58. The molecule has 0 spiro atoms. The number of nitrogens with zero attached hydrogens (tertiary/aromatic N) is 3. The fraction of sp³-hybridized carbons (Fsp3) is 0.818. The Morgan fingerprint density at radius 3 is 2.21 bits per heavy atom. The summed E-state index contributed by atoms with van der Waals surface area (Å²) >= 11 is 0. The van der Waals surface area contributed by atoms with E-state index >= 15 is 0 Å². The predicted octanol–water partition coefficient (Wildman–Crippen LogP) is 2.53. The van der Waals surface area contributed by atoms with Gasteiger partial charge in [0.15, 0.2) is 0 Å². The second-order valence-corrected chi connectivity index (χ2v) is 4.62. The van der Waals surface area contributed by atoms with Gasteiger partial charge in [0.1, 0.15) is 11.6 Å². The van der Waals surface area contributed by atoms with Crippen molar-refractivity contribution in [3.63, 3.8) is 0 Å². The van der Waals surface area contributed by atoms with Gasteiger partial charge in [-0.05, 0) is 12.3 Å². The molecule has 0 fully saturated rings. The molecule has 0 aliphatic rings. The Bertz CT molecular complexity index is 287. The third-order valence-corrected chi connectivity index (χ3v) is 2.46. The van der Waals surface area contributed by atoms with Gasteiger partial charge >= 0.3 is 0 Å². The van der Waals surface area contributed by atoms with Crippen molar-refractivity contribution in [2.45, 2.75) is 46.5 Å². The highest BCUT2D eigenvalue weighted by atomic mass is 15.3. The summed E-state index contributed by atoms with van der Waals surface area (Å²) in [6, 6.07) is 0. The van der Waals surface area contributed by atoms with Crippen molar-refractivity contribution in [3.8, 4) is 0 Å². The Balaban J connectivity index is 2.70. The molecule has 1 heterocycles. The van der Waals surface area contributed by atoms with Crippen molar-refractivity contribution < 1.29 is 0 Å². The van der Waals surface area contributed by atoms with Crippen LogP contribution in [0.3, 0.4) is 0 Å². The van der Waals surface area contributed by atoms with Crippen molar-refractivity contribution in [3.05, 3.63) is 11.6 Å². The first-order valence-electron chi connectivity index (χ1n) is 5.40. The summed E-state index contributed by atoms with van der Waals surface area (Å²) in [6.07, 6.45) is 2.22. The zero-order valence-corrected chi connectivity index (χ0v) is 9.91. The van der Waals surface area contributed by atoms with Gasteiger partial charge in [-0.25, -0.2) is 0 Å². The summed E-state index contributed by atoms with van der Waals surface area (Å²) in [5.41, 5.74) is 0. The van der Waals surface area contributed by atoms with Gasteiger partial charge in [-0.3, -0.25) is 0 Å². The summed E-state index contributed by atoms with van der Waals surface area (Å²) in [5.74, 6) is 3.39. The maximum absolute atomic E-state index is 4.22. The molecule has 0 bridgehead atoms. The molecule has 0 aliphatic carbocycles. The molecule has 0 amide bonds. The maximum atomic E-state index is 4.22. The molecular weight excluding hydrogens is 174 g/mol. The monoisotopic (exact) mass is 195 g/mol. The fourth-order valence-electron chi connectivity index (χ4n) is 1.51. The molecule has 1 aromatic heterocycles. The molecule has 1 rings (SSSR count). The van der Waals surface area contributed by atoms with Crippen LogP contribution in [-0.4, -0.2) is 14.8 Å². The van der Waals surface area contributed by atoms with Crippen LogP contribution in [-0.2, 0) is 13.5 Å². The Morgan fingerprint density at radius 2 is 1.79 bits per heavy atom. The van der Waals surface area contributed by atoms with Crippen LogP contribution >= 0.6 is 0 Å². The van der Waals surface area contributed by atoms with Crippen LogP contribution in [0.5, 0.6) is 0 Å². The molecule has 0 radical (unpaired) electrons. The molecule has 0 saturated heterocycles. The smallest absolute Gasteiger partial charge is 0.135 e. The zero-order chi connectivity index (χ0) is 10.7. The predicted molar refractivity (Wildman–Crippen MR) is 58.3 cm³/mol. The first-order chi connectivity index (χ1) is 6.52. The van der Waals surface area contributed by atoms with E-state index < -0.39 is 0 Å². The van der Waals surface area contributed by atoms with Gasteiger partial charge < -0.3 is 4.57 Å². The van der Waals surface area contributed by atoms with Crippen molar-refractivity contribution in [2.75, 3.05) is 0 Å². The highest BCUT2D eigenvalue weighted by Crippen LogP contribution is 2.13. The lowest BCUT2D eigenvalue weighted by Crippen LogP contribution is -2.05. The summed E-state index contributed by atoms with van der Waals surface area (Å²) < 4.78 is 2.13. The van der Waals surface area contributed by atoms with Gasteiger partial charge in [0, 0.05) is 19.4 Å². The van der Waals surface area contributed by atoms with Gasteiger partial charge in [0.25, 0.3) is 0 Å². The standard InChI is InChI=1S/C11H21N3/c1-8(2)6-7-10-12-13-11(9(3)4)14(10)5/h8-9H,6-7H2,1-5H3. The molecule has 0 aromatic carbocycles. The number of aromatic nitrogens is 3. The normalized spacial score (nSPS) is 11.6. The van der Waals surface area contributed by atoms with Crippen LogP contribution in [0.1, 0.15) is 51.7 Å². The number of rotatable bonds is 4. The summed E-state index contributed by atoms with van der Waals surface area (Å²) in [6.45, 7) is 8.77. The Hall–Kier alpha value is -0.860. The van der Waals surface area contributed by atoms with Gasteiger partial charge in [0.2, 0.25) is 0 Å². The molecule has 0 unspecified atom stereocenters. The fourth-order valence-corrected chi connectivity index (χ4v) is 1.51. The number of hydrogen-bond donors (Lipinski definition) is 0. The molecule has 14 heavy (non-hydrogen) atoms. The average molecular weight is 195 g/mol. The molecule has 3 heteroatoms. The molecule has 80 valence electrons. The van der Waals surface area contributed by atoms with E-state index in [0.29, 0.717) is 5.92 Å². The molecule has 0 atom stereocenters. The minimum Gasteiger partial charge on any atom is -0.318 e. The first kappa shape index (κ1) is 11.2. The van der Waals surface area contributed by atoms with Crippen LogP contribution in [0.25, 0.3) is 0 Å². The van der Waals surface area contributed by atoms with E-state index in [1.807, 2.05) is 0 Å². The van der Waals surface area contributed by atoms with E-state index in [1.54, 1.807) is 0 Å². The lowest BCUT2D eigenvalue weighted by Gasteiger charge is -2.07. The van der Waals surface area contributed by atoms with E-state index in [0.717, 1.165) is 24.0 Å². The van der Waals surface area contributed by atoms with E-state index in [4.69, 9.17) is 0 Å². The molecule has 0 saturated carbocycles. The average Bonchev–Trinajstić information content (AvgIpc) is 2.43. The van der Waals surface area contributed by atoms with Gasteiger partial charge in [-0.15, -0.1) is 10.2 Å². The van der Waals surface area contributed by atoms with E-state index in [1.165, 1.54) is 6.42 Å². The van der Waals surface area contributed by atoms with Crippen LogP contribution in [0.2, 0.25) is 0 Å². The minimum absolute atomic E-state index is 0.459. The summed E-state index contributed by atoms with van der Waals surface area (Å²) in [7, 11) is 2.06. The summed E-state index contributed by atoms with van der Waals surface area (Å²) in [4.78, 5) is 0. The molecule has 0 aliphatic heterocycles. The van der Waals surface area contributed by atoms with Crippen molar-refractivity contribution in [1.82, 2.24) is 14.8 Å². The SMILES string of the molecule is CC(C)CCc1nnc(C(C)C)n1C. The maximum Gasteiger partial charge on any atom is 0.135 e. The van der Waals surface area contributed by atoms with Gasteiger partial charge in [-0.1, -0.05) is 27.7 Å². The molecule has 1 aromatic rings. The van der Waals surface area contributed by atoms with Crippen LogP contribution in [0.4, 0.5) is 0 Å². The topological polar surface area (TPSA) is 30.7 Å². The molecule has 0 N–H and O–H groups in total. The van der Waals surface area contributed by atoms with Crippen molar-refractivity contribution in [2.24, 2.45) is 13.0 Å². The zero-order valence-electron chi connectivity index (χ0n) is 9.91. The van der Waals surface area contributed by atoms with E-state index in [-0.39, 0.29) is 0 Å². The Labute approximate surface area is 86.5 Å². The highest BCUT2D eigenvalue weighted by Gasteiger charge is 2.11. The molecular formula is C11H21N3. The lowest BCUT2D eigenvalue weighted by molar-refractivity contribution is 0.562. The van der Waals surface area contributed by atoms with E-state index in [2.05, 4.69) is 49.5 Å². The van der Waals surface area contributed by atoms with Crippen LogP contribution in [0.15, 0.2) is 0 Å². The largest absolute Gasteiger partial charge is 0.318 e. The number of hydrogen-bond acceptors (Lipinski definition) is 2. The Kier molecular flexibility index (Phi) is 3.67. The van der Waals surface area contributed by atoms with Crippen LogP contribution in [0, 0.1) is 5.92 Å². The third-order valence-electron chi connectivity index (χ3n) is 2.46. The number of aryl methyl sites for hydroxylation is 1. The van der Waals surface area contributed by atoms with Crippen molar-refractivity contribution in [1.29, 1.82) is 0 Å². The quantitative estimate of drug-likeness (QED) is 0.739. The minimum atomic E-state index is 0.459. The molecule has 3 nitrogen and oxygen atoms in total. The van der Waals surface area contributed by atoms with Crippen molar-refractivity contribution >= 4 is 0 Å². The summed E-state index contributed by atoms with van der Waals surface area (Å²) in [5, 5.41) is 8.43. The lowest BCUT2D eigenvalue weighted by atomic mass is 10.1. The van der Waals surface area contributed by atoms with Gasteiger partial charge in [0.05, 0.1) is 0 Å². The van der Waals surface area contributed by atoms with Crippen LogP contribution < -0.4 is 0 Å². The van der Waals surface area contributed by atoms with Gasteiger partial charge in [-0.2, -0.15) is 0 Å².